The van der Waals surface area contributed by atoms with Crippen molar-refractivity contribution in [1.82, 2.24) is 29.7 Å². The van der Waals surface area contributed by atoms with Crippen molar-refractivity contribution in [3.63, 3.8) is 0 Å². The fraction of sp³-hybridized carbons (Fsp3) is 0.500. The van der Waals surface area contributed by atoms with E-state index in [1.807, 2.05) is 7.05 Å². The molecule has 1 saturated carbocycles. The Morgan fingerprint density at radius 2 is 1.96 bits per heavy atom. The zero-order valence-corrected chi connectivity index (χ0v) is 15.6. The summed E-state index contributed by atoms with van der Waals surface area (Å²) in [5, 5.41) is 11.7. The largest absolute Gasteiger partial charge is 0.368 e. The van der Waals surface area contributed by atoms with E-state index in [0.717, 1.165) is 35.5 Å². The molecule has 0 radical (unpaired) electrons. The molecule has 142 valence electrons. The fourth-order valence-electron chi connectivity index (χ4n) is 3.56. The molecule has 0 aromatic carbocycles. The maximum atomic E-state index is 11.5. The highest BCUT2D eigenvalue weighted by Crippen LogP contribution is 2.33. The molecule has 3 N–H and O–H groups in total. The minimum atomic E-state index is -0.160. The van der Waals surface area contributed by atoms with Crippen molar-refractivity contribution < 1.29 is 0 Å². The van der Waals surface area contributed by atoms with E-state index in [0.29, 0.717) is 30.6 Å². The number of hydrogen-bond acceptors (Lipinski definition) is 7. The van der Waals surface area contributed by atoms with Gasteiger partial charge in [0.15, 0.2) is 5.65 Å². The lowest BCUT2D eigenvalue weighted by atomic mass is 10.1. The predicted octanol–water partition coefficient (Wildman–Crippen LogP) is 1.94. The third-order valence-electron chi connectivity index (χ3n) is 4.91. The highest BCUT2D eigenvalue weighted by Gasteiger charge is 2.22. The SMILES string of the molecule is Cc1cc(=O)[nH]c(NCCNc2nc(C3CCCC3)nc3c2cnn3C)n1. The van der Waals surface area contributed by atoms with E-state index in [1.54, 1.807) is 17.8 Å². The van der Waals surface area contributed by atoms with Gasteiger partial charge in [-0.05, 0) is 19.8 Å². The van der Waals surface area contributed by atoms with Gasteiger partial charge in [-0.25, -0.2) is 15.0 Å². The third-order valence-corrected chi connectivity index (χ3v) is 4.91. The van der Waals surface area contributed by atoms with Crippen LogP contribution < -0.4 is 16.2 Å². The van der Waals surface area contributed by atoms with Crippen LogP contribution in [-0.2, 0) is 7.05 Å². The molecule has 0 saturated heterocycles. The number of anilines is 2. The van der Waals surface area contributed by atoms with Crippen LogP contribution in [0.25, 0.3) is 11.0 Å². The van der Waals surface area contributed by atoms with Crippen LogP contribution >= 0.6 is 0 Å². The normalized spacial score (nSPS) is 14.7. The summed E-state index contributed by atoms with van der Waals surface area (Å²) in [7, 11) is 1.90. The standard InChI is InChI=1S/C18H24N8O/c1-11-9-14(27)23-18(22-11)20-8-7-19-16-13-10-21-26(2)17(13)25-15(24-16)12-5-3-4-6-12/h9-10,12H,3-8H2,1-2H3,(H,19,24,25)(H2,20,22,23,27). The first-order chi connectivity index (χ1) is 13.1. The molecule has 0 aliphatic heterocycles. The number of H-pyrrole nitrogens is 1. The zero-order chi connectivity index (χ0) is 18.8. The van der Waals surface area contributed by atoms with Crippen molar-refractivity contribution >= 4 is 22.8 Å². The molecule has 1 aliphatic carbocycles. The summed E-state index contributed by atoms with van der Waals surface area (Å²) in [6, 6.07) is 1.47. The van der Waals surface area contributed by atoms with Gasteiger partial charge >= 0.3 is 0 Å². The Labute approximate surface area is 156 Å². The molecule has 1 aliphatic rings. The molecule has 9 nitrogen and oxygen atoms in total. The van der Waals surface area contributed by atoms with Crippen molar-refractivity contribution in [2.45, 2.75) is 38.5 Å². The van der Waals surface area contributed by atoms with Crippen LogP contribution in [0.2, 0.25) is 0 Å². The van der Waals surface area contributed by atoms with Crippen molar-refractivity contribution in [3.05, 3.63) is 34.1 Å². The van der Waals surface area contributed by atoms with Gasteiger partial charge in [0, 0.05) is 37.8 Å². The molecule has 27 heavy (non-hydrogen) atoms. The lowest BCUT2D eigenvalue weighted by molar-refractivity contribution is 0.667. The molecule has 0 atom stereocenters. The van der Waals surface area contributed by atoms with Crippen LogP contribution in [0.3, 0.4) is 0 Å². The summed E-state index contributed by atoms with van der Waals surface area (Å²) < 4.78 is 1.79. The second-order valence-corrected chi connectivity index (χ2v) is 7.01. The van der Waals surface area contributed by atoms with Crippen LogP contribution in [0.4, 0.5) is 11.8 Å². The third kappa shape index (κ3) is 3.76. The molecule has 0 amide bonds. The molecule has 3 aromatic rings. The number of aryl methyl sites for hydroxylation is 2. The van der Waals surface area contributed by atoms with Crippen LogP contribution in [-0.4, -0.2) is 42.8 Å². The minimum Gasteiger partial charge on any atom is -0.368 e. The van der Waals surface area contributed by atoms with Crippen LogP contribution in [0.5, 0.6) is 0 Å². The molecule has 9 heteroatoms. The highest BCUT2D eigenvalue weighted by molar-refractivity contribution is 5.86. The summed E-state index contributed by atoms with van der Waals surface area (Å²) in [6.45, 7) is 3.02. The Bertz CT molecular complexity index is 1000. The summed E-state index contributed by atoms with van der Waals surface area (Å²) in [5.41, 5.74) is 1.38. The van der Waals surface area contributed by atoms with Gasteiger partial charge in [-0.2, -0.15) is 5.10 Å². The predicted molar refractivity (Wildman–Crippen MR) is 104 cm³/mol. The average molecular weight is 368 g/mol. The Morgan fingerprint density at radius 1 is 1.19 bits per heavy atom. The van der Waals surface area contributed by atoms with Gasteiger partial charge in [-0.15, -0.1) is 0 Å². The van der Waals surface area contributed by atoms with Crippen LogP contribution in [0, 0.1) is 6.92 Å². The first kappa shape index (κ1) is 17.4. The summed E-state index contributed by atoms with van der Waals surface area (Å²) in [6.07, 6.45) is 6.58. The zero-order valence-electron chi connectivity index (χ0n) is 15.6. The fourth-order valence-corrected chi connectivity index (χ4v) is 3.56. The van der Waals surface area contributed by atoms with E-state index >= 15 is 0 Å². The average Bonchev–Trinajstić information content (AvgIpc) is 3.28. The monoisotopic (exact) mass is 368 g/mol. The smallest absolute Gasteiger partial charge is 0.252 e. The Morgan fingerprint density at radius 3 is 2.74 bits per heavy atom. The second-order valence-electron chi connectivity index (χ2n) is 7.01. The molecule has 1 fully saturated rings. The van der Waals surface area contributed by atoms with E-state index in [1.165, 1.54) is 18.9 Å². The molecular weight excluding hydrogens is 344 g/mol. The highest BCUT2D eigenvalue weighted by atomic mass is 16.1. The van der Waals surface area contributed by atoms with Gasteiger partial charge in [0.1, 0.15) is 11.6 Å². The van der Waals surface area contributed by atoms with Gasteiger partial charge in [-0.3, -0.25) is 14.5 Å². The summed E-state index contributed by atoms with van der Waals surface area (Å²) in [4.78, 5) is 28.0. The van der Waals surface area contributed by atoms with Crippen LogP contribution in [0.15, 0.2) is 17.1 Å². The number of aromatic nitrogens is 6. The number of nitrogens with one attached hydrogen (secondary N) is 3. The number of aromatic amines is 1. The number of hydrogen-bond donors (Lipinski definition) is 3. The second kappa shape index (κ2) is 7.34. The van der Waals surface area contributed by atoms with Crippen molar-refractivity contribution in [1.29, 1.82) is 0 Å². The maximum absolute atomic E-state index is 11.5. The lowest BCUT2D eigenvalue weighted by Gasteiger charge is -2.13. The first-order valence-corrected chi connectivity index (χ1v) is 9.35. The topological polar surface area (TPSA) is 113 Å². The van der Waals surface area contributed by atoms with Gasteiger partial charge in [0.05, 0.1) is 11.6 Å². The Hall–Kier alpha value is -2.97. The Kier molecular flexibility index (Phi) is 4.74. The van der Waals surface area contributed by atoms with E-state index in [2.05, 4.69) is 25.7 Å². The maximum Gasteiger partial charge on any atom is 0.252 e. The summed E-state index contributed by atoms with van der Waals surface area (Å²) in [5.74, 6) is 2.62. The van der Waals surface area contributed by atoms with Gasteiger partial charge < -0.3 is 10.6 Å². The van der Waals surface area contributed by atoms with Crippen molar-refractivity contribution in [2.24, 2.45) is 7.05 Å². The van der Waals surface area contributed by atoms with E-state index in [-0.39, 0.29) is 5.56 Å². The molecule has 0 spiro atoms. The van der Waals surface area contributed by atoms with Crippen molar-refractivity contribution in [2.75, 3.05) is 23.7 Å². The van der Waals surface area contributed by atoms with Gasteiger partial charge in [-0.1, -0.05) is 12.8 Å². The molecule has 3 heterocycles. The van der Waals surface area contributed by atoms with E-state index in [9.17, 15) is 4.79 Å². The van der Waals surface area contributed by atoms with E-state index < -0.39 is 0 Å². The summed E-state index contributed by atoms with van der Waals surface area (Å²) >= 11 is 0. The molecular formula is C18H24N8O. The molecule has 0 bridgehead atoms. The van der Waals surface area contributed by atoms with Crippen LogP contribution in [0.1, 0.15) is 43.1 Å². The number of fused-ring (bicyclic) bond motifs is 1. The van der Waals surface area contributed by atoms with E-state index in [4.69, 9.17) is 9.97 Å². The lowest BCUT2D eigenvalue weighted by Crippen LogP contribution is -2.19. The van der Waals surface area contributed by atoms with Crippen molar-refractivity contribution in [3.8, 4) is 0 Å². The molecule has 4 rings (SSSR count). The van der Waals surface area contributed by atoms with Gasteiger partial charge in [0.2, 0.25) is 5.95 Å². The first-order valence-electron chi connectivity index (χ1n) is 9.35. The molecule has 3 aromatic heterocycles. The van der Waals surface area contributed by atoms with Gasteiger partial charge in [0.25, 0.3) is 5.56 Å². The number of rotatable bonds is 6. The Balaban J connectivity index is 1.48. The quantitative estimate of drug-likeness (QED) is 0.570. The minimum absolute atomic E-state index is 0.160. The number of nitrogens with zero attached hydrogens (tertiary/aromatic N) is 5. The molecule has 0 unspecified atom stereocenters.